The van der Waals surface area contributed by atoms with Gasteiger partial charge in [0.2, 0.25) is 5.91 Å². The molecule has 1 amide bonds. The van der Waals surface area contributed by atoms with Crippen LogP contribution in [0.25, 0.3) is 0 Å². The van der Waals surface area contributed by atoms with Crippen LogP contribution < -0.4 is 10.6 Å². The molecule has 0 spiro atoms. The van der Waals surface area contributed by atoms with Gasteiger partial charge in [0.1, 0.15) is 12.0 Å². The van der Waals surface area contributed by atoms with Gasteiger partial charge in [0.25, 0.3) is 5.69 Å². The molecule has 1 aliphatic heterocycles. The molecule has 8 heteroatoms. The van der Waals surface area contributed by atoms with Crippen molar-refractivity contribution < 1.29 is 9.72 Å². The van der Waals surface area contributed by atoms with E-state index in [9.17, 15) is 14.9 Å². The van der Waals surface area contributed by atoms with E-state index in [2.05, 4.69) is 27.1 Å². The van der Waals surface area contributed by atoms with E-state index < -0.39 is 4.92 Å². The number of aromatic nitrogens is 1. The summed E-state index contributed by atoms with van der Waals surface area (Å²) in [5, 5.41) is 16.7. The highest BCUT2D eigenvalue weighted by molar-refractivity contribution is 5.81. The second kappa shape index (κ2) is 7.68. The number of rotatable bonds is 7. The zero-order chi connectivity index (χ0) is 16.8. The number of likely N-dealkylation sites (tertiary alicyclic amines) is 1. The second-order valence-corrected chi connectivity index (χ2v) is 5.49. The smallest absolute Gasteiger partial charge is 0.287 e. The highest BCUT2D eigenvalue weighted by Crippen LogP contribution is 2.18. The predicted octanol–water partition coefficient (Wildman–Crippen LogP) is 1.17. The van der Waals surface area contributed by atoms with E-state index in [-0.39, 0.29) is 23.7 Å². The largest absolute Gasteiger partial charge is 0.366 e. The fourth-order valence-electron chi connectivity index (χ4n) is 2.53. The van der Waals surface area contributed by atoms with Crippen LogP contribution in [0.5, 0.6) is 0 Å². The van der Waals surface area contributed by atoms with Gasteiger partial charge in [0, 0.05) is 31.7 Å². The number of nitro groups is 1. The second-order valence-electron chi connectivity index (χ2n) is 5.49. The zero-order valence-electron chi connectivity index (χ0n) is 13.1. The molecule has 0 aliphatic carbocycles. The molecule has 1 fully saturated rings. The first kappa shape index (κ1) is 16.9. The number of anilines is 1. The van der Waals surface area contributed by atoms with E-state index in [0.29, 0.717) is 12.4 Å². The van der Waals surface area contributed by atoms with Gasteiger partial charge in [-0.15, -0.1) is 6.58 Å². The summed E-state index contributed by atoms with van der Waals surface area (Å²) in [5.74, 6) is 0.588. The first-order chi connectivity index (χ1) is 11.0. The Kier molecular flexibility index (Phi) is 5.64. The minimum atomic E-state index is -0.475. The molecular weight excluding hydrogens is 298 g/mol. The number of hydrogen-bond donors (Lipinski definition) is 2. The molecule has 8 nitrogen and oxygen atoms in total. The van der Waals surface area contributed by atoms with Crippen LogP contribution in [0, 0.1) is 10.1 Å². The summed E-state index contributed by atoms with van der Waals surface area (Å²) in [6, 6.07) is 2.99. The third-order valence-corrected chi connectivity index (χ3v) is 3.88. The van der Waals surface area contributed by atoms with E-state index >= 15 is 0 Å². The topological polar surface area (TPSA) is 100 Å². The molecule has 1 saturated heterocycles. The molecule has 0 unspecified atom stereocenters. The number of carbonyl (C=O) groups is 1. The number of hydrogen-bond acceptors (Lipinski definition) is 6. The van der Waals surface area contributed by atoms with Gasteiger partial charge in [-0.2, -0.15) is 0 Å². The Bertz CT molecular complexity index is 575. The zero-order valence-corrected chi connectivity index (χ0v) is 13.1. The van der Waals surface area contributed by atoms with Crippen LogP contribution in [-0.4, -0.2) is 52.4 Å². The van der Waals surface area contributed by atoms with Crippen LogP contribution >= 0.6 is 0 Å². The van der Waals surface area contributed by atoms with Crippen LogP contribution in [-0.2, 0) is 4.79 Å². The SMILES string of the molecule is C=CCNC(=O)[C@@H](C)N1CC[C@H](Nc2ccc([N+](=O)[O-])cn2)C1. The van der Waals surface area contributed by atoms with Gasteiger partial charge in [-0.25, -0.2) is 4.98 Å². The summed E-state index contributed by atoms with van der Waals surface area (Å²) < 4.78 is 0. The van der Waals surface area contributed by atoms with Crippen molar-refractivity contribution in [2.75, 3.05) is 25.0 Å². The normalized spacial score (nSPS) is 19.1. The van der Waals surface area contributed by atoms with E-state index in [0.717, 1.165) is 19.5 Å². The van der Waals surface area contributed by atoms with Crippen molar-refractivity contribution in [2.24, 2.45) is 0 Å². The van der Waals surface area contributed by atoms with Crippen molar-refractivity contribution >= 4 is 17.4 Å². The number of pyridine rings is 1. The Balaban J connectivity index is 1.86. The maximum Gasteiger partial charge on any atom is 0.287 e. The monoisotopic (exact) mass is 319 g/mol. The Labute approximate surface area is 134 Å². The number of nitrogens with zero attached hydrogens (tertiary/aromatic N) is 3. The lowest BCUT2D eigenvalue weighted by atomic mass is 10.2. The molecule has 0 bridgehead atoms. The maximum atomic E-state index is 12.0. The maximum absolute atomic E-state index is 12.0. The Morgan fingerprint density at radius 2 is 2.43 bits per heavy atom. The van der Waals surface area contributed by atoms with E-state index in [1.165, 1.54) is 12.3 Å². The average Bonchev–Trinajstić information content (AvgIpc) is 3.00. The van der Waals surface area contributed by atoms with Crippen LogP contribution in [0.2, 0.25) is 0 Å². The standard InChI is InChI=1S/C15H21N5O3/c1-3-7-16-15(21)11(2)19-8-6-12(10-19)18-14-5-4-13(9-17-14)20(22)23/h3-5,9,11-12H,1,6-8,10H2,2H3,(H,16,21)(H,17,18)/t11-,12+/m1/s1. The molecule has 23 heavy (non-hydrogen) atoms. The number of carbonyl (C=O) groups excluding carboxylic acids is 1. The summed E-state index contributed by atoms with van der Waals surface area (Å²) >= 11 is 0. The highest BCUT2D eigenvalue weighted by atomic mass is 16.6. The van der Waals surface area contributed by atoms with Crippen molar-refractivity contribution in [1.82, 2.24) is 15.2 Å². The lowest BCUT2D eigenvalue weighted by Crippen LogP contribution is -2.44. The van der Waals surface area contributed by atoms with Crippen LogP contribution in [0.4, 0.5) is 11.5 Å². The molecule has 2 rings (SSSR count). The minimum absolute atomic E-state index is 0.0148. The quantitative estimate of drug-likeness (QED) is 0.444. The lowest BCUT2D eigenvalue weighted by Gasteiger charge is -2.23. The fraction of sp³-hybridized carbons (Fsp3) is 0.467. The molecule has 1 aliphatic rings. The van der Waals surface area contributed by atoms with Crippen molar-refractivity contribution in [3.05, 3.63) is 41.1 Å². The lowest BCUT2D eigenvalue weighted by molar-refractivity contribution is -0.385. The van der Waals surface area contributed by atoms with Gasteiger partial charge in [0.05, 0.1) is 11.0 Å². The molecule has 1 aromatic rings. The van der Waals surface area contributed by atoms with Gasteiger partial charge < -0.3 is 10.6 Å². The van der Waals surface area contributed by atoms with E-state index in [1.54, 1.807) is 12.1 Å². The molecule has 2 heterocycles. The van der Waals surface area contributed by atoms with Crippen molar-refractivity contribution in [3.8, 4) is 0 Å². The molecule has 0 radical (unpaired) electrons. The summed E-state index contributed by atoms with van der Waals surface area (Å²) in [6.07, 6.45) is 3.78. The summed E-state index contributed by atoms with van der Waals surface area (Å²) in [7, 11) is 0. The Morgan fingerprint density at radius 3 is 3.04 bits per heavy atom. The predicted molar refractivity (Wildman–Crippen MR) is 87.2 cm³/mol. The molecule has 2 N–H and O–H groups in total. The van der Waals surface area contributed by atoms with E-state index in [4.69, 9.17) is 0 Å². The third kappa shape index (κ3) is 4.49. The van der Waals surface area contributed by atoms with Crippen LogP contribution in [0.3, 0.4) is 0 Å². The molecule has 0 saturated carbocycles. The fourth-order valence-corrected chi connectivity index (χ4v) is 2.53. The van der Waals surface area contributed by atoms with Crippen LogP contribution in [0.15, 0.2) is 31.0 Å². The molecular formula is C15H21N5O3. The van der Waals surface area contributed by atoms with Gasteiger partial charge in [-0.1, -0.05) is 6.08 Å². The first-order valence-electron chi connectivity index (χ1n) is 7.51. The third-order valence-electron chi connectivity index (χ3n) is 3.88. The molecule has 1 aromatic heterocycles. The van der Waals surface area contributed by atoms with Crippen LogP contribution in [0.1, 0.15) is 13.3 Å². The highest BCUT2D eigenvalue weighted by Gasteiger charge is 2.29. The van der Waals surface area contributed by atoms with Crippen molar-refractivity contribution in [3.63, 3.8) is 0 Å². The van der Waals surface area contributed by atoms with Gasteiger partial charge in [-0.05, 0) is 19.4 Å². The van der Waals surface area contributed by atoms with Gasteiger partial charge >= 0.3 is 0 Å². The summed E-state index contributed by atoms with van der Waals surface area (Å²) in [4.78, 5) is 28.2. The molecule has 2 atom stereocenters. The van der Waals surface area contributed by atoms with Gasteiger partial charge in [0.15, 0.2) is 0 Å². The Hall–Kier alpha value is -2.48. The number of nitrogens with one attached hydrogen (secondary N) is 2. The molecule has 124 valence electrons. The average molecular weight is 319 g/mol. The minimum Gasteiger partial charge on any atom is -0.366 e. The molecule has 0 aromatic carbocycles. The summed E-state index contributed by atoms with van der Waals surface area (Å²) in [6.45, 7) is 7.46. The van der Waals surface area contributed by atoms with Gasteiger partial charge in [-0.3, -0.25) is 19.8 Å². The van der Waals surface area contributed by atoms with E-state index in [1.807, 2.05) is 6.92 Å². The number of amides is 1. The summed E-state index contributed by atoms with van der Waals surface area (Å²) in [5.41, 5.74) is -0.0314. The van der Waals surface area contributed by atoms with Crippen molar-refractivity contribution in [2.45, 2.75) is 25.4 Å². The van der Waals surface area contributed by atoms with Crippen molar-refractivity contribution in [1.29, 1.82) is 0 Å². The Morgan fingerprint density at radius 1 is 1.65 bits per heavy atom. The first-order valence-corrected chi connectivity index (χ1v) is 7.51.